The van der Waals surface area contributed by atoms with Crippen LogP contribution in [0.5, 0.6) is 0 Å². The van der Waals surface area contributed by atoms with E-state index in [4.69, 9.17) is 4.52 Å². The Morgan fingerprint density at radius 1 is 1.40 bits per heavy atom. The van der Waals surface area contributed by atoms with Gasteiger partial charge < -0.3 is 9.42 Å². The second-order valence-corrected chi connectivity index (χ2v) is 5.00. The molecule has 1 saturated heterocycles. The fourth-order valence-electron chi connectivity index (χ4n) is 2.52. The van der Waals surface area contributed by atoms with E-state index in [-0.39, 0.29) is 11.8 Å². The summed E-state index contributed by atoms with van der Waals surface area (Å²) in [7, 11) is 0. The van der Waals surface area contributed by atoms with Gasteiger partial charge in [0.25, 0.3) is 5.89 Å². The maximum absolute atomic E-state index is 11.7. The summed E-state index contributed by atoms with van der Waals surface area (Å²) >= 11 is 0. The molecule has 1 atom stereocenters. The molecule has 1 aliphatic rings. The van der Waals surface area contributed by atoms with E-state index in [9.17, 15) is 4.79 Å². The number of nitrogens with zero attached hydrogens (tertiary/aromatic N) is 3. The Morgan fingerprint density at radius 3 is 2.95 bits per heavy atom. The molecule has 0 aliphatic carbocycles. The average Bonchev–Trinajstić information content (AvgIpc) is 3.16. The lowest BCUT2D eigenvalue weighted by Gasteiger charge is -2.14. The summed E-state index contributed by atoms with van der Waals surface area (Å²) in [6, 6.07) is 9.72. The third-order valence-corrected chi connectivity index (χ3v) is 3.67. The normalized spacial score (nSPS) is 18.4. The second kappa shape index (κ2) is 5.45. The molecule has 1 aromatic heterocycles. The van der Waals surface area contributed by atoms with Gasteiger partial charge in [-0.1, -0.05) is 30.3 Å². The van der Waals surface area contributed by atoms with Gasteiger partial charge in [0.15, 0.2) is 5.82 Å². The van der Waals surface area contributed by atoms with E-state index in [1.54, 1.807) is 0 Å². The molecule has 2 heterocycles. The monoisotopic (exact) mass is 271 g/mol. The van der Waals surface area contributed by atoms with Crippen LogP contribution in [-0.4, -0.2) is 34.0 Å². The van der Waals surface area contributed by atoms with E-state index in [1.807, 2.05) is 42.2 Å². The summed E-state index contributed by atoms with van der Waals surface area (Å²) in [6.45, 7) is 3.37. The molecule has 0 radical (unpaired) electrons. The zero-order chi connectivity index (χ0) is 13.9. The number of carbonyl (C=O) groups excluding carboxylic acids is 1. The Kier molecular flexibility index (Phi) is 3.50. The van der Waals surface area contributed by atoms with Crippen molar-refractivity contribution in [2.75, 3.05) is 13.1 Å². The van der Waals surface area contributed by atoms with Crippen molar-refractivity contribution in [2.24, 2.45) is 0 Å². The number of benzene rings is 1. The van der Waals surface area contributed by atoms with Gasteiger partial charge in [-0.15, -0.1) is 0 Å². The van der Waals surface area contributed by atoms with Gasteiger partial charge in [-0.25, -0.2) is 0 Å². The topological polar surface area (TPSA) is 59.2 Å². The Balaban J connectivity index is 1.74. The molecule has 20 heavy (non-hydrogen) atoms. The second-order valence-electron chi connectivity index (χ2n) is 5.00. The van der Waals surface area contributed by atoms with Crippen molar-refractivity contribution in [3.8, 4) is 11.5 Å². The number of hydrogen-bond donors (Lipinski definition) is 0. The zero-order valence-electron chi connectivity index (χ0n) is 11.5. The number of carbonyl (C=O) groups is 1. The van der Waals surface area contributed by atoms with Gasteiger partial charge in [0, 0.05) is 31.0 Å². The lowest BCUT2D eigenvalue weighted by atomic mass is 10.1. The molecule has 1 aliphatic heterocycles. The molecule has 3 rings (SSSR count). The largest absolute Gasteiger partial charge is 0.342 e. The van der Waals surface area contributed by atoms with Gasteiger partial charge >= 0.3 is 0 Å². The first-order chi connectivity index (χ1) is 9.78. The van der Waals surface area contributed by atoms with Crippen LogP contribution in [0.3, 0.4) is 0 Å². The summed E-state index contributed by atoms with van der Waals surface area (Å²) < 4.78 is 5.32. The van der Waals surface area contributed by atoms with Crippen LogP contribution in [0.15, 0.2) is 34.9 Å². The molecular formula is C15H17N3O2. The third-order valence-electron chi connectivity index (χ3n) is 3.67. The summed E-state index contributed by atoms with van der Waals surface area (Å²) in [5.41, 5.74) is 0.922. The van der Waals surface area contributed by atoms with Crippen LogP contribution in [0.25, 0.3) is 11.5 Å². The van der Waals surface area contributed by atoms with Crippen LogP contribution in [-0.2, 0) is 4.79 Å². The van der Waals surface area contributed by atoms with Crippen molar-refractivity contribution in [2.45, 2.75) is 25.7 Å². The van der Waals surface area contributed by atoms with E-state index < -0.39 is 0 Å². The molecule has 1 fully saturated rings. The zero-order valence-corrected chi connectivity index (χ0v) is 11.5. The van der Waals surface area contributed by atoms with Crippen molar-refractivity contribution in [1.82, 2.24) is 15.0 Å². The molecule has 0 spiro atoms. The molecule has 1 amide bonds. The van der Waals surface area contributed by atoms with Crippen LogP contribution in [0.4, 0.5) is 0 Å². The van der Waals surface area contributed by atoms with E-state index in [2.05, 4.69) is 10.1 Å². The highest BCUT2D eigenvalue weighted by atomic mass is 16.5. The quantitative estimate of drug-likeness (QED) is 0.860. The van der Waals surface area contributed by atoms with Gasteiger partial charge in [0.1, 0.15) is 0 Å². The molecule has 1 unspecified atom stereocenters. The van der Waals surface area contributed by atoms with Crippen LogP contribution in [0.1, 0.15) is 31.5 Å². The Labute approximate surface area is 117 Å². The van der Waals surface area contributed by atoms with Crippen molar-refractivity contribution in [3.05, 3.63) is 36.2 Å². The number of amides is 1. The van der Waals surface area contributed by atoms with Crippen molar-refractivity contribution in [3.63, 3.8) is 0 Å². The number of likely N-dealkylation sites (tertiary alicyclic amines) is 1. The summed E-state index contributed by atoms with van der Waals surface area (Å²) in [4.78, 5) is 18.0. The minimum Gasteiger partial charge on any atom is -0.342 e. The van der Waals surface area contributed by atoms with E-state index in [1.165, 1.54) is 0 Å². The first-order valence-electron chi connectivity index (χ1n) is 6.94. The molecule has 104 valence electrons. The minimum atomic E-state index is 0.187. The van der Waals surface area contributed by atoms with E-state index >= 15 is 0 Å². The molecular weight excluding hydrogens is 254 g/mol. The standard InChI is InChI=1S/C15H17N3O2/c1-2-13(19)18-9-8-12(10-18)14-16-15(20-17-14)11-6-4-3-5-7-11/h3-7,12H,2,8-10H2,1H3. The maximum Gasteiger partial charge on any atom is 0.257 e. The molecule has 2 aromatic rings. The smallest absolute Gasteiger partial charge is 0.257 e. The highest BCUT2D eigenvalue weighted by molar-refractivity contribution is 5.76. The average molecular weight is 271 g/mol. The summed E-state index contributed by atoms with van der Waals surface area (Å²) in [6.07, 6.45) is 1.45. The Bertz CT molecular complexity index is 594. The number of aromatic nitrogens is 2. The fraction of sp³-hybridized carbons (Fsp3) is 0.400. The van der Waals surface area contributed by atoms with Crippen LogP contribution >= 0.6 is 0 Å². The summed E-state index contributed by atoms with van der Waals surface area (Å²) in [5.74, 6) is 1.63. The minimum absolute atomic E-state index is 0.187. The van der Waals surface area contributed by atoms with Gasteiger partial charge in [0.05, 0.1) is 0 Å². The highest BCUT2D eigenvalue weighted by Crippen LogP contribution is 2.27. The van der Waals surface area contributed by atoms with Crippen molar-refractivity contribution in [1.29, 1.82) is 0 Å². The van der Waals surface area contributed by atoms with Gasteiger partial charge in [-0.3, -0.25) is 4.79 Å². The molecule has 0 bridgehead atoms. The predicted molar refractivity (Wildman–Crippen MR) is 74.0 cm³/mol. The maximum atomic E-state index is 11.7. The summed E-state index contributed by atoms with van der Waals surface area (Å²) in [5, 5.41) is 4.07. The van der Waals surface area contributed by atoms with Crippen molar-refractivity contribution < 1.29 is 9.32 Å². The fourth-order valence-corrected chi connectivity index (χ4v) is 2.52. The van der Waals surface area contributed by atoms with Crippen molar-refractivity contribution >= 4 is 5.91 Å². The lowest BCUT2D eigenvalue weighted by molar-refractivity contribution is -0.129. The first kappa shape index (κ1) is 12.8. The molecule has 5 nitrogen and oxygen atoms in total. The van der Waals surface area contributed by atoms with Gasteiger partial charge in [0.2, 0.25) is 5.91 Å². The first-order valence-corrected chi connectivity index (χ1v) is 6.94. The molecule has 5 heteroatoms. The third kappa shape index (κ3) is 2.43. The Morgan fingerprint density at radius 2 is 2.20 bits per heavy atom. The van der Waals surface area contributed by atoms with Gasteiger partial charge in [-0.2, -0.15) is 4.98 Å². The van der Waals surface area contributed by atoms with Gasteiger partial charge in [-0.05, 0) is 18.6 Å². The molecule has 0 N–H and O–H groups in total. The molecule has 0 saturated carbocycles. The van der Waals surface area contributed by atoms with E-state index in [0.29, 0.717) is 24.7 Å². The number of rotatable bonds is 3. The predicted octanol–water partition coefficient (Wildman–Crippen LogP) is 2.46. The Hall–Kier alpha value is -2.17. The lowest BCUT2D eigenvalue weighted by Crippen LogP contribution is -2.27. The SMILES string of the molecule is CCC(=O)N1CCC(c2noc(-c3ccccc3)n2)C1. The molecule has 1 aromatic carbocycles. The van der Waals surface area contributed by atoms with Crippen LogP contribution < -0.4 is 0 Å². The van der Waals surface area contributed by atoms with E-state index in [0.717, 1.165) is 18.5 Å². The highest BCUT2D eigenvalue weighted by Gasteiger charge is 2.29. The number of hydrogen-bond acceptors (Lipinski definition) is 4. The van der Waals surface area contributed by atoms with Crippen LogP contribution in [0, 0.1) is 0 Å². The van der Waals surface area contributed by atoms with Crippen LogP contribution in [0.2, 0.25) is 0 Å².